The molecule has 2 aromatic rings. The van der Waals surface area contributed by atoms with Crippen molar-refractivity contribution in [1.82, 2.24) is 14.9 Å². The van der Waals surface area contributed by atoms with E-state index in [1.165, 1.54) is 5.56 Å². The average molecular weight is 327 g/mol. The number of hydrogen-bond donors (Lipinski definition) is 2. The van der Waals surface area contributed by atoms with E-state index in [-0.39, 0.29) is 24.1 Å². The molecular weight excluding hydrogens is 306 g/mol. The number of piperidine rings is 1. The maximum Gasteiger partial charge on any atom is 0.345 e. The summed E-state index contributed by atoms with van der Waals surface area (Å²) in [5.41, 5.74) is 1.38. The number of β-amino-alcohol motifs (C(OH)–C–C–N with tert-alkyl or cyclic N) is 1. The number of benzene rings is 1. The third-order valence-corrected chi connectivity index (χ3v) is 4.45. The van der Waals surface area contributed by atoms with Gasteiger partial charge in [-0.2, -0.15) is 4.98 Å². The maximum atomic E-state index is 12.5. The smallest absolute Gasteiger partial charge is 0.345 e. The molecular formula is C18H21N3O3. The fourth-order valence-corrected chi connectivity index (χ4v) is 3.17. The molecule has 0 spiro atoms. The number of rotatable bonds is 3. The zero-order valence-electron chi connectivity index (χ0n) is 13.6. The number of nitrogens with one attached hydrogen (secondary N) is 1. The summed E-state index contributed by atoms with van der Waals surface area (Å²) >= 11 is 0. The molecule has 2 atom stereocenters. The minimum absolute atomic E-state index is 0.130. The first-order valence-electron chi connectivity index (χ1n) is 8.12. The number of aliphatic hydroxyl groups excluding tert-OH is 1. The fraction of sp³-hybridized carbons (Fsp3) is 0.389. The number of aromatic amines is 1. The van der Waals surface area contributed by atoms with Gasteiger partial charge in [0, 0.05) is 18.8 Å². The van der Waals surface area contributed by atoms with Crippen molar-refractivity contribution in [3.8, 4) is 0 Å². The van der Waals surface area contributed by atoms with E-state index in [0.717, 1.165) is 12.8 Å². The lowest BCUT2D eigenvalue weighted by Crippen LogP contribution is -2.47. The number of hydrogen-bond acceptors (Lipinski definition) is 4. The summed E-state index contributed by atoms with van der Waals surface area (Å²) in [4.78, 5) is 31.8. The summed E-state index contributed by atoms with van der Waals surface area (Å²) in [7, 11) is 0. The Kier molecular flexibility index (Phi) is 4.76. The topological polar surface area (TPSA) is 86.3 Å². The Bertz CT molecular complexity index is 773. The predicted molar refractivity (Wildman–Crippen MR) is 89.8 cm³/mol. The molecule has 0 aliphatic carbocycles. The molecule has 2 heterocycles. The van der Waals surface area contributed by atoms with Crippen LogP contribution in [0, 0.1) is 12.8 Å². The first-order chi connectivity index (χ1) is 11.5. The molecule has 2 N–H and O–H groups in total. The van der Waals surface area contributed by atoms with Crippen LogP contribution in [0.15, 0.2) is 41.2 Å². The standard InChI is InChI=1S/C18H21N3O3/c1-12-9-15(20-18(24)19-12)17(23)21-8-7-14(16(22)11-21)10-13-5-3-2-4-6-13/h2-6,9,14,16,22H,7-8,10-11H2,1H3,(H,19,20,24)/t14-,16-/m1/s1. The second-order valence-corrected chi connectivity index (χ2v) is 6.31. The third kappa shape index (κ3) is 3.71. The molecule has 1 fully saturated rings. The van der Waals surface area contributed by atoms with Crippen molar-refractivity contribution >= 4 is 5.91 Å². The fourth-order valence-electron chi connectivity index (χ4n) is 3.17. The van der Waals surface area contributed by atoms with Gasteiger partial charge in [0.15, 0.2) is 0 Å². The van der Waals surface area contributed by atoms with Gasteiger partial charge in [0.25, 0.3) is 5.91 Å². The summed E-state index contributed by atoms with van der Waals surface area (Å²) in [5.74, 6) is -0.174. The van der Waals surface area contributed by atoms with Crippen molar-refractivity contribution in [2.24, 2.45) is 5.92 Å². The highest BCUT2D eigenvalue weighted by Crippen LogP contribution is 2.23. The van der Waals surface area contributed by atoms with Crippen LogP contribution in [-0.4, -0.2) is 45.1 Å². The van der Waals surface area contributed by atoms with E-state index in [2.05, 4.69) is 9.97 Å². The number of likely N-dealkylation sites (tertiary alicyclic amines) is 1. The minimum atomic E-state index is -0.578. The second kappa shape index (κ2) is 6.97. The van der Waals surface area contributed by atoms with Gasteiger partial charge >= 0.3 is 5.69 Å². The van der Waals surface area contributed by atoms with Crippen LogP contribution >= 0.6 is 0 Å². The molecule has 0 saturated carbocycles. The van der Waals surface area contributed by atoms with E-state index in [1.54, 1.807) is 17.9 Å². The van der Waals surface area contributed by atoms with Crippen LogP contribution in [0.4, 0.5) is 0 Å². The number of carbonyl (C=O) groups excluding carboxylic acids is 1. The quantitative estimate of drug-likeness (QED) is 0.885. The summed E-state index contributed by atoms with van der Waals surface area (Å²) in [6.45, 7) is 2.53. The Morgan fingerprint density at radius 3 is 2.79 bits per heavy atom. The number of amides is 1. The van der Waals surface area contributed by atoms with Gasteiger partial charge < -0.3 is 15.0 Å². The molecule has 1 aliphatic heterocycles. The van der Waals surface area contributed by atoms with Gasteiger partial charge in [-0.3, -0.25) is 4.79 Å². The highest BCUT2D eigenvalue weighted by Gasteiger charge is 2.31. The average Bonchev–Trinajstić information content (AvgIpc) is 2.56. The zero-order valence-corrected chi connectivity index (χ0v) is 13.6. The first kappa shape index (κ1) is 16.4. The molecule has 1 saturated heterocycles. The van der Waals surface area contributed by atoms with E-state index < -0.39 is 11.8 Å². The highest BCUT2D eigenvalue weighted by molar-refractivity contribution is 5.92. The maximum absolute atomic E-state index is 12.5. The monoisotopic (exact) mass is 327 g/mol. The van der Waals surface area contributed by atoms with Crippen LogP contribution in [0.25, 0.3) is 0 Å². The van der Waals surface area contributed by atoms with Crippen molar-refractivity contribution in [3.05, 3.63) is 63.8 Å². The van der Waals surface area contributed by atoms with Gasteiger partial charge in [-0.25, -0.2) is 4.79 Å². The SMILES string of the molecule is Cc1cc(C(=O)N2CC[C@H](Cc3ccccc3)[C@H](O)C2)nc(=O)[nH]1. The molecule has 0 radical (unpaired) electrons. The lowest BCUT2D eigenvalue weighted by Gasteiger charge is -2.36. The molecule has 0 bridgehead atoms. The largest absolute Gasteiger partial charge is 0.391 e. The van der Waals surface area contributed by atoms with Crippen LogP contribution < -0.4 is 5.69 Å². The third-order valence-electron chi connectivity index (χ3n) is 4.45. The van der Waals surface area contributed by atoms with Gasteiger partial charge in [0.1, 0.15) is 5.69 Å². The van der Waals surface area contributed by atoms with Crippen LogP contribution in [0.1, 0.15) is 28.2 Å². The Balaban J connectivity index is 1.66. The Morgan fingerprint density at radius 2 is 2.12 bits per heavy atom. The van der Waals surface area contributed by atoms with Crippen molar-refractivity contribution in [1.29, 1.82) is 0 Å². The number of nitrogens with zero attached hydrogens (tertiary/aromatic N) is 2. The summed E-state index contributed by atoms with van der Waals surface area (Å²) in [6.07, 6.45) is 0.946. The van der Waals surface area contributed by atoms with Crippen LogP contribution in [0.5, 0.6) is 0 Å². The number of aryl methyl sites for hydroxylation is 1. The molecule has 1 amide bonds. The first-order valence-corrected chi connectivity index (χ1v) is 8.12. The van der Waals surface area contributed by atoms with E-state index in [4.69, 9.17) is 0 Å². The van der Waals surface area contributed by atoms with Gasteiger partial charge in [0.05, 0.1) is 6.10 Å². The zero-order chi connectivity index (χ0) is 17.1. The van der Waals surface area contributed by atoms with Gasteiger partial charge in [-0.15, -0.1) is 0 Å². The molecule has 126 valence electrons. The van der Waals surface area contributed by atoms with Gasteiger partial charge in [-0.05, 0) is 37.3 Å². The summed E-state index contributed by atoms with van der Waals surface area (Å²) in [5, 5.41) is 10.4. The van der Waals surface area contributed by atoms with Crippen molar-refractivity contribution < 1.29 is 9.90 Å². The van der Waals surface area contributed by atoms with Crippen LogP contribution in [-0.2, 0) is 6.42 Å². The van der Waals surface area contributed by atoms with Crippen LogP contribution in [0.3, 0.4) is 0 Å². The molecule has 1 aromatic heterocycles. The van der Waals surface area contributed by atoms with E-state index in [1.807, 2.05) is 30.3 Å². The van der Waals surface area contributed by atoms with E-state index >= 15 is 0 Å². The normalized spacial score (nSPS) is 20.8. The molecule has 6 nitrogen and oxygen atoms in total. The predicted octanol–water partition coefficient (Wildman–Crippen LogP) is 1.14. The molecule has 3 rings (SSSR count). The van der Waals surface area contributed by atoms with Gasteiger partial charge in [-0.1, -0.05) is 30.3 Å². The van der Waals surface area contributed by atoms with Gasteiger partial charge in [0.2, 0.25) is 0 Å². The Morgan fingerprint density at radius 1 is 1.38 bits per heavy atom. The van der Waals surface area contributed by atoms with Crippen molar-refractivity contribution in [2.45, 2.75) is 25.9 Å². The number of aromatic nitrogens is 2. The second-order valence-electron chi connectivity index (χ2n) is 6.31. The minimum Gasteiger partial charge on any atom is -0.391 e. The Labute approximate surface area is 140 Å². The molecule has 6 heteroatoms. The number of H-pyrrole nitrogens is 1. The van der Waals surface area contributed by atoms with Crippen molar-refractivity contribution in [2.75, 3.05) is 13.1 Å². The molecule has 24 heavy (non-hydrogen) atoms. The van der Waals surface area contributed by atoms with Crippen molar-refractivity contribution in [3.63, 3.8) is 0 Å². The molecule has 1 aromatic carbocycles. The number of carbonyl (C=O) groups is 1. The summed E-state index contributed by atoms with van der Waals surface area (Å²) < 4.78 is 0. The molecule has 1 aliphatic rings. The lowest BCUT2D eigenvalue weighted by molar-refractivity contribution is 0.0194. The summed E-state index contributed by atoms with van der Waals surface area (Å²) in [6, 6.07) is 11.6. The number of aliphatic hydroxyl groups is 1. The Hall–Kier alpha value is -2.47. The molecule has 0 unspecified atom stereocenters. The van der Waals surface area contributed by atoms with E-state index in [0.29, 0.717) is 12.2 Å². The highest BCUT2D eigenvalue weighted by atomic mass is 16.3. The van der Waals surface area contributed by atoms with Crippen LogP contribution in [0.2, 0.25) is 0 Å². The lowest BCUT2D eigenvalue weighted by atomic mass is 9.88. The van der Waals surface area contributed by atoms with E-state index in [9.17, 15) is 14.7 Å².